The molecule has 8 heteroatoms. The lowest BCUT2D eigenvalue weighted by Crippen LogP contribution is -2.28. The average molecular weight is 337 g/mol. The maximum atomic E-state index is 12.2. The monoisotopic (exact) mass is 336 g/mol. The van der Waals surface area contributed by atoms with E-state index in [-0.39, 0.29) is 24.4 Å². The van der Waals surface area contributed by atoms with E-state index in [4.69, 9.17) is 5.73 Å². The van der Waals surface area contributed by atoms with Gasteiger partial charge in [0.1, 0.15) is 6.33 Å². The molecule has 23 heavy (non-hydrogen) atoms. The SMILES string of the molecule is Cc1ccc(NC(=O)C[C@@H]2CCC[C@H]2N)cc1-n1cnnn1.Cl. The molecule has 1 aliphatic carbocycles. The first-order chi connectivity index (χ1) is 10.6. The van der Waals surface area contributed by atoms with E-state index in [0.717, 1.165) is 36.2 Å². The molecule has 1 aliphatic rings. The maximum Gasteiger partial charge on any atom is 0.224 e. The van der Waals surface area contributed by atoms with Gasteiger partial charge in [-0.2, -0.15) is 0 Å². The van der Waals surface area contributed by atoms with Crippen molar-refractivity contribution >= 4 is 24.0 Å². The van der Waals surface area contributed by atoms with E-state index in [2.05, 4.69) is 20.8 Å². The van der Waals surface area contributed by atoms with Crippen molar-refractivity contribution in [3.8, 4) is 5.69 Å². The summed E-state index contributed by atoms with van der Waals surface area (Å²) < 4.78 is 1.58. The minimum Gasteiger partial charge on any atom is -0.327 e. The normalized spacial score (nSPS) is 20.1. The van der Waals surface area contributed by atoms with Gasteiger partial charge >= 0.3 is 0 Å². The summed E-state index contributed by atoms with van der Waals surface area (Å²) in [5.74, 6) is 0.304. The van der Waals surface area contributed by atoms with Gasteiger partial charge < -0.3 is 11.1 Å². The van der Waals surface area contributed by atoms with Crippen molar-refractivity contribution in [1.29, 1.82) is 0 Å². The lowest BCUT2D eigenvalue weighted by molar-refractivity contribution is -0.117. The van der Waals surface area contributed by atoms with Crippen LogP contribution < -0.4 is 11.1 Å². The number of carbonyl (C=O) groups excluding carboxylic acids is 1. The van der Waals surface area contributed by atoms with Gasteiger partial charge in [0.05, 0.1) is 5.69 Å². The van der Waals surface area contributed by atoms with Crippen LogP contribution in [0, 0.1) is 12.8 Å². The molecule has 0 saturated heterocycles. The number of aromatic nitrogens is 4. The van der Waals surface area contributed by atoms with E-state index < -0.39 is 0 Å². The number of hydrogen-bond donors (Lipinski definition) is 2. The van der Waals surface area contributed by atoms with Crippen LogP contribution in [0.15, 0.2) is 24.5 Å². The van der Waals surface area contributed by atoms with Crippen LogP contribution in [-0.2, 0) is 4.79 Å². The number of aryl methyl sites for hydroxylation is 1. The van der Waals surface area contributed by atoms with Gasteiger partial charge in [0, 0.05) is 18.2 Å². The molecule has 1 heterocycles. The quantitative estimate of drug-likeness (QED) is 0.887. The molecule has 124 valence electrons. The lowest BCUT2D eigenvalue weighted by Gasteiger charge is -2.15. The Morgan fingerprint density at radius 3 is 2.91 bits per heavy atom. The fraction of sp³-hybridized carbons (Fsp3) is 0.467. The summed E-state index contributed by atoms with van der Waals surface area (Å²) in [5.41, 5.74) is 8.64. The zero-order valence-electron chi connectivity index (χ0n) is 13.0. The third-order valence-electron chi connectivity index (χ3n) is 4.25. The largest absolute Gasteiger partial charge is 0.327 e. The van der Waals surface area contributed by atoms with E-state index in [1.807, 2.05) is 25.1 Å². The summed E-state index contributed by atoms with van der Waals surface area (Å²) in [5, 5.41) is 14.1. The second-order valence-electron chi connectivity index (χ2n) is 5.86. The van der Waals surface area contributed by atoms with Gasteiger partial charge in [-0.05, 0) is 53.8 Å². The highest BCUT2D eigenvalue weighted by molar-refractivity contribution is 5.91. The van der Waals surface area contributed by atoms with Crippen molar-refractivity contribution in [3.05, 3.63) is 30.1 Å². The molecule has 2 aromatic rings. The Bertz CT molecular complexity index is 660. The van der Waals surface area contributed by atoms with E-state index in [1.54, 1.807) is 4.68 Å². The summed E-state index contributed by atoms with van der Waals surface area (Å²) in [6.45, 7) is 1.97. The Balaban J connectivity index is 0.00000192. The van der Waals surface area contributed by atoms with Gasteiger partial charge in [0.15, 0.2) is 0 Å². The van der Waals surface area contributed by atoms with Crippen LogP contribution in [0.2, 0.25) is 0 Å². The third-order valence-corrected chi connectivity index (χ3v) is 4.25. The van der Waals surface area contributed by atoms with E-state index in [1.165, 1.54) is 6.33 Å². The minimum atomic E-state index is 0. The highest BCUT2D eigenvalue weighted by Gasteiger charge is 2.26. The molecule has 1 aromatic carbocycles. The molecule has 1 fully saturated rings. The fourth-order valence-corrected chi connectivity index (χ4v) is 2.97. The molecule has 7 nitrogen and oxygen atoms in total. The van der Waals surface area contributed by atoms with Gasteiger partial charge in [-0.1, -0.05) is 12.5 Å². The molecule has 3 rings (SSSR count). The molecule has 0 radical (unpaired) electrons. The van der Waals surface area contributed by atoms with Crippen LogP contribution in [0.5, 0.6) is 0 Å². The predicted molar refractivity (Wildman–Crippen MR) is 89.7 cm³/mol. The summed E-state index contributed by atoms with van der Waals surface area (Å²) in [7, 11) is 0. The van der Waals surface area contributed by atoms with Crippen molar-refractivity contribution in [2.24, 2.45) is 11.7 Å². The molecular weight excluding hydrogens is 316 g/mol. The third kappa shape index (κ3) is 4.05. The van der Waals surface area contributed by atoms with E-state index >= 15 is 0 Å². The molecule has 0 aliphatic heterocycles. The molecule has 0 bridgehead atoms. The Morgan fingerprint density at radius 2 is 2.26 bits per heavy atom. The molecule has 3 N–H and O–H groups in total. The van der Waals surface area contributed by atoms with Crippen LogP contribution in [0.1, 0.15) is 31.2 Å². The summed E-state index contributed by atoms with van der Waals surface area (Å²) in [6.07, 6.45) is 5.19. The second-order valence-corrected chi connectivity index (χ2v) is 5.86. The van der Waals surface area contributed by atoms with Gasteiger partial charge in [0.25, 0.3) is 0 Å². The Kier molecular flexibility index (Phi) is 5.68. The van der Waals surface area contributed by atoms with Gasteiger partial charge in [0.2, 0.25) is 5.91 Å². The first-order valence-corrected chi connectivity index (χ1v) is 7.53. The number of hydrogen-bond acceptors (Lipinski definition) is 5. The maximum absolute atomic E-state index is 12.2. The molecule has 1 aromatic heterocycles. The highest BCUT2D eigenvalue weighted by atomic mass is 35.5. The number of nitrogens with zero attached hydrogens (tertiary/aromatic N) is 4. The van der Waals surface area contributed by atoms with Gasteiger partial charge in [-0.15, -0.1) is 17.5 Å². The molecule has 1 amide bonds. The van der Waals surface area contributed by atoms with Gasteiger partial charge in [-0.3, -0.25) is 4.79 Å². The number of benzene rings is 1. The van der Waals surface area contributed by atoms with Crippen molar-refractivity contribution < 1.29 is 4.79 Å². The van der Waals surface area contributed by atoms with Crippen LogP contribution in [0.25, 0.3) is 5.69 Å². The zero-order chi connectivity index (χ0) is 15.5. The molecule has 1 saturated carbocycles. The molecule has 0 spiro atoms. The van der Waals surface area contributed by atoms with Crippen LogP contribution in [0.3, 0.4) is 0 Å². The summed E-state index contributed by atoms with van der Waals surface area (Å²) in [6, 6.07) is 5.85. The first-order valence-electron chi connectivity index (χ1n) is 7.53. The standard InChI is InChI=1S/C15H20N6O.ClH/c1-10-5-6-12(8-14(10)21-9-17-19-20-21)18-15(22)7-11-3-2-4-13(11)16;/h5-6,8-9,11,13H,2-4,7,16H2,1H3,(H,18,22);1H/t11-,13+;/m0./s1. The number of amides is 1. The number of anilines is 1. The Hall–Kier alpha value is -1.99. The molecule has 2 atom stereocenters. The van der Waals surface area contributed by atoms with Crippen molar-refractivity contribution in [2.75, 3.05) is 5.32 Å². The summed E-state index contributed by atoms with van der Waals surface area (Å²) in [4.78, 5) is 12.2. The highest BCUT2D eigenvalue weighted by Crippen LogP contribution is 2.27. The number of halogens is 1. The van der Waals surface area contributed by atoms with E-state index in [9.17, 15) is 4.79 Å². The topological polar surface area (TPSA) is 98.7 Å². The lowest BCUT2D eigenvalue weighted by atomic mass is 10.00. The van der Waals surface area contributed by atoms with Crippen molar-refractivity contribution in [3.63, 3.8) is 0 Å². The molecular formula is C15H21ClN6O. The second kappa shape index (κ2) is 7.52. The number of nitrogens with one attached hydrogen (secondary N) is 1. The average Bonchev–Trinajstić information content (AvgIpc) is 3.14. The zero-order valence-corrected chi connectivity index (χ0v) is 13.8. The predicted octanol–water partition coefficient (Wildman–Crippen LogP) is 1.85. The number of carbonyl (C=O) groups is 1. The van der Waals surface area contributed by atoms with E-state index in [0.29, 0.717) is 12.3 Å². The number of nitrogens with two attached hydrogens (primary N) is 1. The summed E-state index contributed by atoms with van der Waals surface area (Å²) >= 11 is 0. The van der Waals surface area contributed by atoms with Crippen LogP contribution in [0.4, 0.5) is 5.69 Å². The minimum absolute atomic E-state index is 0. The van der Waals surface area contributed by atoms with Crippen LogP contribution >= 0.6 is 12.4 Å². The smallest absolute Gasteiger partial charge is 0.224 e. The molecule has 0 unspecified atom stereocenters. The number of rotatable bonds is 4. The Morgan fingerprint density at radius 1 is 1.43 bits per heavy atom. The van der Waals surface area contributed by atoms with Crippen molar-refractivity contribution in [2.45, 2.75) is 38.6 Å². The van der Waals surface area contributed by atoms with Crippen molar-refractivity contribution in [1.82, 2.24) is 20.2 Å². The van der Waals surface area contributed by atoms with Gasteiger partial charge in [-0.25, -0.2) is 4.68 Å². The Labute approximate surface area is 141 Å². The fourth-order valence-electron chi connectivity index (χ4n) is 2.97. The van der Waals surface area contributed by atoms with Crippen LogP contribution in [-0.4, -0.2) is 32.2 Å². The first kappa shape index (κ1) is 17.4. The number of tetrazole rings is 1.